The van der Waals surface area contributed by atoms with Crippen LogP contribution in [0.4, 0.5) is 10.6 Å². The van der Waals surface area contributed by atoms with Crippen LogP contribution in [-0.2, 0) is 13.1 Å². The smallest absolute Gasteiger partial charge is 0.323 e. The highest BCUT2D eigenvalue weighted by atomic mass is 16.5. The molecule has 0 saturated carbocycles. The van der Waals surface area contributed by atoms with Crippen molar-refractivity contribution in [3.63, 3.8) is 0 Å². The van der Waals surface area contributed by atoms with Gasteiger partial charge in [0, 0.05) is 43.3 Å². The summed E-state index contributed by atoms with van der Waals surface area (Å²) in [5, 5.41) is 7.44. The number of rotatable bonds is 10. The number of anilines is 1. The van der Waals surface area contributed by atoms with Crippen LogP contribution in [0.25, 0.3) is 5.69 Å². The first-order valence-electron chi connectivity index (χ1n) is 11.1. The minimum Gasteiger partial charge on any atom is -0.494 e. The van der Waals surface area contributed by atoms with Crippen molar-refractivity contribution in [2.45, 2.75) is 26.4 Å². The molecule has 2 aromatic carbocycles. The van der Waals surface area contributed by atoms with Gasteiger partial charge in [-0.05, 0) is 31.5 Å². The molecule has 0 fully saturated rings. The largest absolute Gasteiger partial charge is 0.494 e. The van der Waals surface area contributed by atoms with Crippen molar-refractivity contribution in [1.29, 1.82) is 0 Å². The number of amides is 2. The predicted molar refractivity (Wildman–Crippen MR) is 127 cm³/mol. The summed E-state index contributed by atoms with van der Waals surface area (Å²) >= 11 is 0. The van der Waals surface area contributed by atoms with Crippen molar-refractivity contribution in [3.05, 3.63) is 91.1 Å². The van der Waals surface area contributed by atoms with E-state index in [0.717, 1.165) is 30.0 Å². The van der Waals surface area contributed by atoms with Crippen molar-refractivity contribution in [2.75, 3.05) is 18.5 Å². The zero-order valence-electron chi connectivity index (χ0n) is 18.7. The molecule has 0 radical (unpaired) electrons. The number of hydrogen-bond donors (Lipinski definition) is 1. The Labute approximate surface area is 193 Å². The second-order valence-electron chi connectivity index (χ2n) is 7.53. The Balaban J connectivity index is 1.47. The maximum atomic E-state index is 13.2. The van der Waals surface area contributed by atoms with E-state index in [1.807, 2.05) is 78.5 Å². The van der Waals surface area contributed by atoms with Gasteiger partial charge in [-0.2, -0.15) is 0 Å². The molecule has 0 spiro atoms. The van der Waals surface area contributed by atoms with Gasteiger partial charge in [-0.3, -0.25) is 5.32 Å². The number of imidazole rings is 1. The molecule has 2 heterocycles. The zero-order chi connectivity index (χ0) is 22.9. The number of carbonyl (C=O) groups excluding carboxylic acids is 1. The fourth-order valence-electron chi connectivity index (χ4n) is 3.56. The summed E-state index contributed by atoms with van der Waals surface area (Å²) in [5.74, 6) is 1.29. The van der Waals surface area contributed by atoms with Crippen LogP contribution in [0, 0.1) is 0 Å². The summed E-state index contributed by atoms with van der Waals surface area (Å²) in [6, 6.07) is 19.2. The molecule has 0 saturated heterocycles. The number of carbonyl (C=O) groups is 1. The molecule has 4 aromatic rings. The second-order valence-corrected chi connectivity index (χ2v) is 7.53. The van der Waals surface area contributed by atoms with E-state index < -0.39 is 0 Å². The summed E-state index contributed by atoms with van der Waals surface area (Å²) in [4.78, 5) is 19.1. The molecule has 2 aromatic heterocycles. The number of hydrogen-bond acceptors (Lipinski definition) is 4. The van der Waals surface area contributed by atoms with E-state index in [1.54, 1.807) is 28.2 Å². The van der Waals surface area contributed by atoms with Crippen LogP contribution >= 0.6 is 0 Å². The lowest BCUT2D eigenvalue weighted by molar-refractivity contribution is 0.206. The van der Waals surface area contributed by atoms with E-state index in [1.165, 1.54) is 0 Å². The normalized spacial score (nSPS) is 10.7. The van der Waals surface area contributed by atoms with Crippen molar-refractivity contribution in [3.8, 4) is 11.4 Å². The van der Waals surface area contributed by atoms with Crippen molar-refractivity contribution in [2.24, 2.45) is 0 Å². The van der Waals surface area contributed by atoms with Gasteiger partial charge >= 0.3 is 6.03 Å². The van der Waals surface area contributed by atoms with Crippen LogP contribution in [0.1, 0.15) is 18.9 Å². The lowest BCUT2D eigenvalue weighted by atomic mass is 10.2. The lowest BCUT2D eigenvalue weighted by Crippen LogP contribution is -2.36. The molecule has 0 aliphatic carbocycles. The number of aryl methyl sites for hydroxylation is 1. The van der Waals surface area contributed by atoms with E-state index in [2.05, 4.69) is 15.4 Å². The monoisotopic (exact) mass is 444 g/mol. The van der Waals surface area contributed by atoms with Gasteiger partial charge in [0.05, 0.1) is 25.2 Å². The highest BCUT2D eigenvalue weighted by Gasteiger charge is 2.17. The van der Waals surface area contributed by atoms with Gasteiger partial charge in [0.1, 0.15) is 5.75 Å². The van der Waals surface area contributed by atoms with Gasteiger partial charge in [0.25, 0.3) is 0 Å². The molecular formula is C25H28N6O2. The van der Waals surface area contributed by atoms with E-state index in [4.69, 9.17) is 4.74 Å². The maximum Gasteiger partial charge on any atom is 0.323 e. The fourth-order valence-corrected chi connectivity index (χ4v) is 3.56. The maximum absolute atomic E-state index is 13.2. The topological polar surface area (TPSA) is 77.2 Å². The Morgan fingerprint density at radius 3 is 2.67 bits per heavy atom. The number of nitrogens with zero attached hydrogens (tertiary/aromatic N) is 5. The van der Waals surface area contributed by atoms with Gasteiger partial charge in [-0.1, -0.05) is 36.4 Å². The number of para-hydroxylation sites is 2. The number of benzene rings is 2. The summed E-state index contributed by atoms with van der Waals surface area (Å²) in [7, 11) is 0. The molecule has 0 aliphatic rings. The molecule has 2 amide bonds. The molecule has 8 heteroatoms. The highest BCUT2D eigenvalue weighted by molar-refractivity contribution is 5.88. The number of ether oxygens (including phenoxy) is 1. The fraction of sp³-hybridized carbons (Fsp3) is 0.240. The van der Waals surface area contributed by atoms with Crippen LogP contribution in [0.2, 0.25) is 0 Å². The van der Waals surface area contributed by atoms with Crippen LogP contribution in [0.15, 0.2) is 85.6 Å². The lowest BCUT2D eigenvalue weighted by Gasteiger charge is -2.24. The van der Waals surface area contributed by atoms with Crippen molar-refractivity contribution in [1.82, 2.24) is 24.2 Å². The molecule has 33 heavy (non-hydrogen) atoms. The molecule has 4 rings (SSSR count). The van der Waals surface area contributed by atoms with E-state index in [9.17, 15) is 4.79 Å². The highest BCUT2D eigenvalue weighted by Crippen LogP contribution is 2.21. The minimum absolute atomic E-state index is 0.203. The second kappa shape index (κ2) is 11.0. The first-order valence-corrected chi connectivity index (χ1v) is 11.1. The number of aromatic nitrogens is 4. The molecule has 0 aliphatic heterocycles. The molecule has 0 unspecified atom stereocenters. The quantitative estimate of drug-likeness (QED) is 0.388. The van der Waals surface area contributed by atoms with Crippen LogP contribution in [0.3, 0.4) is 0 Å². The van der Waals surface area contributed by atoms with Crippen molar-refractivity contribution >= 4 is 11.8 Å². The first kappa shape index (κ1) is 22.1. The summed E-state index contributed by atoms with van der Waals surface area (Å²) < 4.78 is 9.51. The molecule has 8 nitrogen and oxygen atoms in total. The zero-order valence-corrected chi connectivity index (χ0v) is 18.7. The molecule has 170 valence electrons. The van der Waals surface area contributed by atoms with Crippen LogP contribution in [-0.4, -0.2) is 43.4 Å². The number of urea groups is 1. The molecule has 0 atom stereocenters. The van der Waals surface area contributed by atoms with E-state index >= 15 is 0 Å². The number of nitrogens with one attached hydrogen (secondary N) is 1. The SMILES string of the molecule is CCOc1ccccc1CN(CCCn1ccnc1)C(=O)Nc1ccn(-c2ccccc2)n1. The summed E-state index contributed by atoms with van der Waals surface area (Å²) in [6.07, 6.45) is 8.08. The summed E-state index contributed by atoms with van der Waals surface area (Å²) in [5.41, 5.74) is 1.90. The third-order valence-corrected chi connectivity index (χ3v) is 5.17. The predicted octanol–water partition coefficient (Wildman–Crippen LogP) is 4.59. The standard InChI is InChI=1S/C25H28N6O2/c1-2-33-23-12-7-6-9-21(23)19-30(16-8-15-29-18-14-26-20-29)25(32)27-24-13-17-31(28-24)22-10-4-3-5-11-22/h3-7,9-14,17-18,20H,2,8,15-16,19H2,1H3,(H,27,28,32). The molecule has 1 N–H and O–H groups in total. The molecular weight excluding hydrogens is 416 g/mol. The Kier molecular flexibility index (Phi) is 7.37. The van der Waals surface area contributed by atoms with E-state index in [0.29, 0.717) is 25.5 Å². The first-order chi connectivity index (χ1) is 16.2. The van der Waals surface area contributed by atoms with Crippen molar-refractivity contribution < 1.29 is 9.53 Å². The third kappa shape index (κ3) is 6.00. The van der Waals surface area contributed by atoms with E-state index in [-0.39, 0.29) is 6.03 Å². The Bertz CT molecular complexity index is 1140. The average molecular weight is 445 g/mol. The van der Waals surface area contributed by atoms with Gasteiger partial charge in [0.2, 0.25) is 0 Å². The minimum atomic E-state index is -0.203. The Hall–Kier alpha value is -4.07. The molecule has 0 bridgehead atoms. The Morgan fingerprint density at radius 2 is 1.88 bits per heavy atom. The van der Waals surface area contributed by atoms with Crippen LogP contribution < -0.4 is 10.1 Å². The van der Waals surface area contributed by atoms with Gasteiger partial charge in [-0.15, -0.1) is 5.10 Å². The van der Waals surface area contributed by atoms with Gasteiger partial charge < -0.3 is 14.2 Å². The van der Waals surface area contributed by atoms with Gasteiger partial charge in [-0.25, -0.2) is 14.5 Å². The third-order valence-electron chi connectivity index (χ3n) is 5.17. The Morgan fingerprint density at radius 1 is 1.06 bits per heavy atom. The average Bonchev–Trinajstić information content (AvgIpc) is 3.53. The van der Waals surface area contributed by atoms with Gasteiger partial charge in [0.15, 0.2) is 5.82 Å². The summed E-state index contributed by atoms with van der Waals surface area (Å²) in [6.45, 7) is 4.31. The van der Waals surface area contributed by atoms with Crippen LogP contribution in [0.5, 0.6) is 5.75 Å².